The van der Waals surface area contributed by atoms with Crippen LogP contribution >= 0.6 is 0 Å². The molecule has 0 spiro atoms. The fourth-order valence-corrected chi connectivity index (χ4v) is 5.97. The van der Waals surface area contributed by atoms with E-state index in [0.717, 1.165) is 37.8 Å². The molecule has 2 aliphatic heterocycles. The van der Waals surface area contributed by atoms with Crippen LogP contribution < -0.4 is 9.64 Å². The Morgan fingerprint density at radius 2 is 1.74 bits per heavy atom. The second-order valence-electron chi connectivity index (χ2n) is 10.3. The first-order valence-electron chi connectivity index (χ1n) is 12.9. The van der Waals surface area contributed by atoms with Gasteiger partial charge in [-0.05, 0) is 62.8 Å². The number of hydrogen-bond donors (Lipinski definition) is 1. The number of benzene rings is 2. The van der Waals surface area contributed by atoms with Gasteiger partial charge in [0.2, 0.25) is 0 Å². The molecule has 2 saturated heterocycles. The number of fused-ring (bicyclic) bond motifs is 2. The van der Waals surface area contributed by atoms with Gasteiger partial charge in [0.25, 0.3) is 0 Å². The molecule has 1 aliphatic carbocycles. The minimum Gasteiger partial charge on any atom is -0.478 e. The van der Waals surface area contributed by atoms with Gasteiger partial charge in [0.15, 0.2) is 0 Å². The van der Waals surface area contributed by atoms with Crippen molar-refractivity contribution in [3.63, 3.8) is 0 Å². The highest BCUT2D eigenvalue weighted by Crippen LogP contribution is 2.46. The van der Waals surface area contributed by atoms with Crippen LogP contribution in [-0.4, -0.2) is 41.0 Å². The Morgan fingerprint density at radius 1 is 1.08 bits per heavy atom. The van der Waals surface area contributed by atoms with Crippen LogP contribution in [0.2, 0.25) is 0 Å². The van der Waals surface area contributed by atoms with Crippen LogP contribution in [0.15, 0.2) is 40.9 Å². The van der Waals surface area contributed by atoms with E-state index in [1.54, 1.807) is 23.1 Å². The lowest BCUT2D eigenvalue weighted by Gasteiger charge is -2.40. The molecule has 3 heterocycles. The lowest BCUT2D eigenvalue weighted by molar-refractivity contribution is -0.0494. The fraction of sp³-hybridized carbons (Fsp3) is 0.429. The first-order valence-corrected chi connectivity index (χ1v) is 12.9. The van der Waals surface area contributed by atoms with Crippen molar-refractivity contribution in [1.29, 1.82) is 0 Å². The third-order valence-electron chi connectivity index (χ3n) is 7.80. The van der Waals surface area contributed by atoms with Crippen LogP contribution in [0.1, 0.15) is 66.1 Å². The van der Waals surface area contributed by atoms with E-state index in [9.17, 15) is 22.4 Å². The highest BCUT2D eigenvalue weighted by molar-refractivity contribution is 5.88. The van der Waals surface area contributed by atoms with Gasteiger partial charge in [-0.1, -0.05) is 17.3 Å². The predicted molar refractivity (Wildman–Crippen MR) is 131 cm³/mol. The summed E-state index contributed by atoms with van der Waals surface area (Å²) in [6.07, 6.45) is 4.20. The number of alkyl halides is 2. The number of rotatable bonds is 9. The summed E-state index contributed by atoms with van der Waals surface area (Å²) in [4.78, 5) is 12.9. The van der Waals surface area contributed by atoms with Gasteiger partial charge in [-0.3, -0.25) is 0 Å². The van der Waals surface area contributed by atoms with Gasteiger partial charge in [-0.2, -0.15) is 8.78 Å². The maximum absolute atomic E-state index is 14.9. The van der Waals surface area contributed by atoms with E-state index in [4.69, 9.17) is 19.1 Å². The summed E-state index contributed by atoms with van der Waals surface area (Å²) >= 11 is 0. The number of carboxylic acid groups (broad SMARTS) is 1. The molecule has 206 valence electrons. The first kappa shape index (κ1) is 25.7. The van der Waals surface area contributed by atoms with Crippen molar-refractivity contribution in [1.82, 2.24) is 5.16 Å². The SMILES string of the molecule is O=C(O)c1cc(F)c(N2C3CC[C@H]2CC(OCc2c(-c4ccccc4OC(F)F)noc2C2CC2)C3)c(F)c1. The molecule has 39 heavy (non-hydrogen) atoms. The normalized spacial score (nSPS) is 22.5. The lowest BCUT2D eigenvalue weighted by Crippen LogP contribution is -2.46. The largest absolute Gasteiger partial charge is 0.478 e. The Bertz CT molecular complexity index is 1360. The van der Waals surface area contributed by atoms with E-state index < -0.39 is 29.8 Å². The number of halogens is 4. The molecule has 3 fully saturated rings. The van der Waals surface area contributed by atoms with Crippen molar-refractivity contribution in [3.05, 3.63) is 64.9 Å². The molecule has 2 bridgehead atoms. The van der Waals surface area contributed by atoms with Gasteiger partial charge in [-0.25, -0.2) is 13.6 Å². The van der Waals surface area contributed by atoms with Crippen molar-refractivity contribution in [2.75, 3.05) is 4.90 Å². The van der Waals surface area contributed by atoms with Gasteiger partial charge in [0, 0.05) is 29.1 Å². The summed E-state index contributed by atoms with van der Waals surface area (Å²) in [6.45, 7) is -2.84. The van der Waals surface area contributed by atoms with Crippen LogP contribution in [0.3, 0.4) is 0 Å². The Labute approximate surface area is 221 Å². The quantitative estimate of drug-likeness (QED) is 0.306. The smallest absolute Gasteiger partial charge is 0.387 e. The van der Waals surface area contributed by atoms with Crippen LogP contribution in [-0.2, 0) is 11.3 Å². The molecule has 7 nitrogen and oxygen atoms in total. The topological polar surface area (TPSA) is 85.0 Å². The van der Waals surface area contributed by atoms with Crippen LogP contribution in [0.25, 0.3) is 11.3 Å². The van der Waals surface area contributed by atoms with E-state index in [0.29, 0.717) is 35.4 Å². The zero-order valence-corrected chi connectivity index (χ0v) is 20.8. The molecule has 0 radical (unpaired) electrons. The Balaban J connectivity index is 1.21. The third kappa shape index (κ3) is 4.95. The number of ether oxygens (including phenoxy) is 2. The summed E-state index contributed by atoms with van der Waals surface area (Å²) in [5.74, 6) is -2.30. The highest BCUT2D eigenvalue weighted by atomic mass is 19.3. The molecular weight excluding hydrogens is 520 g/mol. The Kier molecular flexibility index (Phi) is 6.70. The first-order chi connectivity index (χ1) is 18.8. The van der Waals surface area contributed by atoms with Gasteiger partial charge >= 0.3 is 12.6 Å². The molecule has 3 aliphatic rings. The van der Waals surface area contributed by atoms with Crippen molar-refractivity contribution in [2.24, 2.45) is 0 Å². The number of nitrogens with zero attached hydrogens (tertiary/aromatic N) is 2. The summed E-state index contributed by atoms with van der Waals surface area (Å²) < 4.78 is 72.4. The van der Waals surface area contributed by atoms with Gasteiger partial charge in [-0.15, -0.1) is 0 Å². The number of anilines is 1. The van der Waals surface area contributed by atoms with Crippen LogP contribution in [0, 0.1) is 11.6 Å². The van der Waals surface area contributed by atoms with Crippen molar-refractivity contribution in [3.8, 4) is 17.0 Å². The number of para-hydroxylation sites is 1. The van der Waals surface area contributed by atoms with Gasteiger partial charge in [0.05, 0.1) is 18.3 Å². The number of aromatic carboxylic acids is 1. The number of carbonyl (C=O) groups is 1. The monoisotopic (exact) mass is 546 g/mol. The minimum absolute atomic E-state index is 0.00582. The Hall–Kier alpha value is -3.60. The summed E-state index contributed by atoms with van der Waals surface area (Å²) in [5.41, 5.74) is 0.850. The van der Waals surface area contributed by atoms with E-state index in [-0.39, 0.29) is 42.1 Å². The van der Waals surface area contributed by atoms with Crippen LogP contribution in [0.4, 0.5) is 23.2 Å². The third-order valence-corrected chi connectivity index (χ3v) is 7.80. The number of carboxylic acids is 1. The number of aromatic nitrogens is 1. The standard InChI is InChI=1S/C28H26F4N2O5/c29-21-9-15(27(35)36)10-22(30)25(21)34-16-7-8-17(34)12-18(11-16)37-13-20-24(33-39-26(20)14-5-6-14)19-3-1-2-4-23(19)38-28(31)32/h1-4,9-10,14,16-18,28H,5-8,11-13H2,(H,35,36)/t16-,17?,18?/m0/s1. The summed E-state index contributed by atoms with van der Waals surface area (Å²) in [7, 11) is 0. The van der Waals surface area contributed by atoms with Gasteiger partial charge in [0.1, 0.15) is 34.5 Å². The maximum atomic E-state index is 14.9. The lowest BCUT2D eigenvalue weighted by atomic mass is 9.97. The van der Waals surface area contributed by atoms with Gasteiger partial charge < -0.3 is 24.0 Å². The molecule has 1 N–H and O–H groups in total. The maximum Gasteiger partial charge on any atom is 0.387 e. The molecular formula is C28H26F4N2O5. The average molecular weight is 547 g/mol. The molecule has 11 heteroatoms. The van der Waals surface area contributed by atoms with E-state index >= 15 is 0 Å². The molecule has 6 rings (SSSR count). The van der Waals surface area contributed by atoms with Crippen LogP contribution in [0.5, 0.6) is 5.75 Å². The van der Waals surface area contributed by atoms with Crippen molar-refractivity contribution in [2.45, 2.75) is 75.8 Å². The molecule has 1 aromatic heterocycles. The minimum atomic E-state index is -2.99. The molecule has 0 amide bonds. The zero-order valence-electron chi connectivity index (χ0n) is 20.8. The van der Waals surface area contributed by atoms with E-state index in [1.165, 1.54) is 6.07 Å². The fourth-order valence-electron chi connectivity index (χ4n) is 5.97. The van der Waals surface area contributed by atoms with E-state index in [2.05, 4.69) is 5.16 Å². The molecule has 3 aromatic rings. The molecule has 2 aromatic carbocycles. The summed E-state index contributed by atoms with van der Waals surface area (Å²) in [5, 5.41) is 13.3. The van der Waals surface area contributed by atoms with Crippen molar-refractivity contribution >= 4 is 11.7 Å². The van der Waals surface area contributed by atoms with E-state index in [1.807, 2.05) is 0 Å². The second-order valence-corrected chi connectivity index (χ2v) is 10.3. The second kappa shape index (κ2) is 10.2. The molecule has 1 saturated carbocycles. The molecule has 2 unspecified atom stereocenters. The summed E-state index contributed by atoms with van der Waals surface area (Å²) in [6, 6.07) is 7.77. The number of hydrogen-bond acceptors (Lipinski definition) is 6. The number of piperidine rings is 1. The molecule has 3 atom stereocenters. The Morgan fingerprint density at radius 3 is 2.36 bits per heavy atom. The highest BCUT2D eigenvalue weighted by Gasteiger charge is 2.44. The van der Waals surface area contributed by atoms with Crippen molar-refractivity contribution < 1.29 is 41.5 Å². The average Bonchev–Trinajstić information content (AvgIpc) is 3.60. The zero-order chi connectivity index (χ0) is 27.3. The predicted octanol–water partition coefficient (Wildman–Crippen LogP) is 6.51.